The number of aromatic nitrogens is 2. The Labute approximate surface area is 171 Å². The molecule has 0 aliphatic heterocycles. The van der Waals surface area contributed by atoms with Crippen molar-refractivity contribution in [2.45, 2.75) is 18.1 Å². The average molecular weight is 437 g/mol. The van der Waals surface area contributed by atoms with Crippen LogP contribution < -0.4 is 9.46 Å². The van der Waals surface area contributed by atoms with Gasteiger partial charge in [0.2, 0.25) is 0 Å². The number of anilines is 1. The molecule has 11 heteroatoms. The minimum absolute atomic E-state index is 0.0530. The van der Waals surface area contributed by atoms with Crippen molar-refractivity contribution in [3.63, 3.8) is 0 Å². The molecule has 0 bridgehead atoms. The molecule has 0 saturated carbocycles. The Morgan fingerprint density at radius 1 is 1.20 bits per heavy atom. The van der Waals surface area contributed by atoms with Gasteiger partial charge in [-0.1, -0.05) is 6.07 Å². The zero-order valence-corrected chi connectivity index (χ0v) is 16.5. The fourth-order valence-electron chi connectivity index (χ4n) is 2.51. The highest BCUT2D eigenvalue weighted by Gasteiger charge is 2.18. The second-order valence-corrected chi connectivity index (χ2v) is 7.65. The quantitative estimate of drug-likeness (QED) is 0.542. The molecule has 30 heavy (non-hydrogen) atoms. The van der Waals surface area contributed by atoms with E-state index in [4.69, 9.17) is 9.47 Å². The van der Waals surface area contributed by atoms with Crippen molar-refractivity contribution < 1.29 is 31.5 Å². The van der Waals surface area contributed by atoms with Gasteiger partial charge in [0.1, 0.15) is 12.4 Å². The Morgan fingerprint density at radius 2 is 1.93 bits per heavy atom. The molecule has 0 fully saturated rings. The number of rotatable bonds is 8. The molecule has 158 valence electrons. The van der Waals surface area contributed by atoms with Crippen molar-refractivity contribution in [1.82, 2.24) is 9.55 Å². The van der Waals surface area contributed by atoms with Crippen LogP contribution in [0.2, 0.25) is 0 Å². The summed E-state index contributed by atoms with van der Waals surface area (Å²) in [5.41, 5.74) is 0.255. The number of carbonyl (C=O) groups excluding carboxylic acids is 1. The minimum atomic E-state index is -3.98. The summed E-state index contributed by atoms with van der Waals surface area (Å²) in [6, 6.07) is 11.4. The van der Waals surface area contributed by atoms with Crippen molar-refractivity contribution in [1.29, 1.82) is 0 Å². The largest absolute Gasteiger partial charge is 0.497 e. The summed E-state index contributed by atoms with van der Waals surface area (Å²) in [7, 11) is -2.49. The summed E-state index contributed by atoms with van der Waals surface area (Å²) in [6.07, 6.45) is 2.22. The molecule has 0 radical (unpaired) electrons. The molecule has 1 aromatic heterocycles. The maximum absolute atomic E-state index is 12.8. The lowest BCUT2D eigenvalue weighted by Gasteiger charge is -2.10. The first-order chi connectivity index (χ1) is 14.3. The minimum Gasteiger partial charge on any atom is -0.497 e. The van der Waals surface area contributed by atoms with Gasteiger partial charge in [0, 0.05) is 18.1 Å². The molecule has 0 aliphatic carbocycles. The first kappa shape index (κ1) is 21.2. The van der Waals surface area contributed by atoms with Crippen LogP contribution in [0, 0.1) is 0 Å². The fourth-order valence-corrected chi connectivity index (χ4v) is 3.61. The Morgan fingerprint density at radius 3 is 2.60 bits per heavy atom. The maximum atomic E-state index is 12.8. The number of hydrogen-bond donors (Lipinski definition) is 1. The summed E-state index contributed by atoms with van der Waals surface area (Å²) in [5.74, 6) is -0.446. The Hall–Kier alpha value is -3.47. The van der Waals surface area contributed by atoms with Gasteiger partial charge in [-0.15, -0.1) is 0 Å². The Kier molecular flexibility index (Phi) is 6.31. The molecule has 8 nitrogen and oxygen atoms in total. The number of esters is 1. The van der Waals surface area contributed by atoms with Gasteiger partial charge in [-0.2, -0.15) is 8.78 Å². The predicted octanol–water partition coefficient (Wildman–Crippen LogP) is 3.44. The normalized spacial score (nSPS) is 11.3. The number of halogens is 2. The first-order valence-corrected chi connectivity index (χ1v) is 10.0. The van der Waals surface area contributed by atoms with E-state index in [0.29, 0.717) is 16.0 Å². The number of alkyl halides is 2. The molecule has 0 unspecified atom stereocenters. The van der Waals surface area contributed by atoms with Gasteiger partial charge in [-0.25, -0.2) is 18.2 Å². The third kappa shape index (κ3) is 4.92. The van der Waals surface area contributed by atoms with Crippen LogP contribution in [0.1, 0.15) is 22.7 Å². The van der Waals surface area contributed by atoms with E-state index in [0.717, 1.165) is 18.5 Å². The van der Waals surface area contributed by atoms with E-state index in [-0.39, 0.29) is 16.3 Å². The van der Waals surface area contributed by atoms with E-state index in [1.807, 2.05) is 0 Å². The number of nitrogens with zero attached hydrogens (tertiary/aromatic N) is 2. The Bertz CT molecular complexity index is 1130. The van der Waals surface area contributed by atoms with E-state index >= 15 is 0 Å². The molecular weight excluding hydrogens is 420 g/mol. The fraction of sp³-hybridized carbons (Fsp3) is 0.158. The second kappa shape index (κ2) is 8.91. The highest BCUT2D eigenvalue weighted by Crippen LogP contribution is 2.20. The summed E-state index contributed by atoms with van der Waals surface area (Å²) >= 11 is 0. The van der Waals surface area contributed by atoms with Crippen LogP contribution in [-0.4, -0.2) is 31.0 Å². The lowest BCUT2D eigenvalue weighted by molar-refractivity contribution is 0.0376. The molecule has 2 aromatic carbocycles. The monoisotopic (exact) mass is 437 g/mol. The standard InChI is InChI=1S/C19H17F2N3O5S/c1-28-15-7-5-14(6-8-15)23-30(26,27)16-4-2-3-13(11-16)18(25)29-12-17-22-9-10-24(17)19(20)21/h2-11,19,23H,12H2,1H3. The third-order valence-electron chi connectivity index (χ3n) is 4.01. The lowest BCUT2D eigenvalue weighted by Crippen LogP contribution is -2.14. The van der Waals surface area contributed by atoms with Crippen LogP contribution >= 0.6 is 0 Å². The number of sulfonamides is 1. The van der Waals surface area contributed by atoms with Gasteiger partial charge in [0.15, 0.2) is 5.82 Å². The molecule has 3 aromatic rings. The van der Waals surface area contributed by atoms with E-state index < -0.39 is 29.1 Å². The van der Waals surface area contributed by atoms with Gasteiger partial charge in [-0.05, 0) is 42.5 Å². The highest BCUT2D eigenvalue weighted by molar-refractivity contribution is 7.92. The zero-order valence-electron chi connectivity index (χ0n) is 15.7. The van der Waals surface area contributed by atoms with Crippen molar-refractivity contribution >= 4 is 21.7 Å². The van der Waals surface area contributed by atoms with Gasteiger partial charge < -0.3 is 9.47 Å². The number of benzene rings is 2. The lowest BCUT2D eigenvalue weighted by atomic mass is 10.2. The molecule has 0 saturated heterocycles. The number of imidazole rings is 1. The SMILES string of the molecule is COc1ccc(NS(=O)(=O)c2cccc(C(=O)OCc3nccn3C(F)F)c2)cc1. The summed E-state index contributed by atoms with van der Waals surface area (Å²) in [6.45, 7) is -3.31. The van der Waals surface area contributed by atoms with Gasteiger partial charge in [-0.3, -0.25) is 9.29 Å². The highest BCUT2D eigenvalue weighted by atomic mass is 32.2. The molecule has 0 atom stereocenters. The number of carbonyl (C=O) groups is 1. The van der Waals surface area contributed by atoms with Crippen LogP contribution in [-0.2, 0) is 21.4 Å². The zero-order chi connectivity index (χ0) is 21.7. The second-order valence-electron chi connectivity index (χ2n) is 5.97. The molecule has 1 N–H and O–H groups in total. The topological polar surface area (TPSA) is 99.5 Å². The summed E-state index contributed by atoms with van der Waals surface area (Å²) in [4.78, 5) is 15.8. The van der Waals surface area contributed by atoms with Gasteiger partial charge in [0.25, 0.3) is 10.0 Å². The molecule has 0 amide bonds. The van der Waals surface area contributed by atoms with Crippen molar-refractivity contribution in [3.05, 3.63) is 72.3 Å². The maximum Gasteiger partial charge on any atom is 0.338 e. The van der Waals surface area contributed by atoms with E-state index in [1.165, 1.54) is 37.4 Å². The van der Waals surface area contributed by atoms with Gasteiger partial charge in [0.05, 0.1) is 17.6 Å². The van der Waals surface area contributed by atoms with Crippen LogP contribution in [0.25, 0.3) is 0 Å². The van der Waals surface area contributed by atoms with Gasteiger partial charge >= 0.3 is 12.5 Å². The van der Waals surface area contributed by atoms with Crippen LogP contribution in [0.5, 0.6) is 5.75 Å². The number of ether oxygens (including phenoxy) is 2. The van der Waals surface area contributed by atoms with E-state index in [9.17, 15) is 22.0 Å². The van der Waals surface area contributed by atoms with E-state index in [2.05, 4.69) is 9.71 Å². The van der Waals surface area contributed by atoms with Crippen molar-refractivity contribution in [2.24, 2.45) is 0 Å². The molecule has 0 aliphatic rings. The molecule has 3 rings (SSSR count). The van der Waals surface area contributed by atoms with Crippen LogP contribution in [0.4, 0.5) is 14.5 Å². The number of nitrogens with one attached hydrogen (secondary N) is 1. The molecule has 0 spiro atoms. The van der Waals surface area contributed by atoms with Crippen molar-refractivity contribution in [2.75, 3.05) is 11.8 Å². The smallest absolute Gasteiger partial charge is 0.338 e. The third-order valence-corrected chi connectivity index (χ3v) is 5.39. The van der Waals surface area contributed by atoms with Crippen molar-refractivity contribution in [3.8, 4) is 5.75 Å². The summed E-state index contributed by atoms with van der Waals surface area (Å²) in [5, 5.41) is 0. The first-order valence-electron chi connectivity index (χ1n) is 8.54. The number of hydrogen-bond acceptors (Lipinski definition) is 6. The number of methoxy groups -OCH3 is 1. The molecule has 1 heterocycles. The average Bonchev–Trinajstić information content (AvgIpc) is 3.21. The van der Waals surface area contributed by atoms with Crippen LogP contribution in [0.3, 0.4) is 0 Å². The van der Waals surface area contributed by atoms with E-state index in [1.54, 1.807) is 12.1 Å². The Balaban J connectivity index is 1.72. The predicted molar refractivity (Wildman–Crippen MR) is 103 cm³/mol. The molecular formula is C19H17F2N3O5S. The van der Waals surface area contributed by atoms with Crippen LogP contribution in [0.15, 0.2) is 65.8 Å². The summed E-state index contributed by atoms with van der Waals surface area (Å²) < 4.78 is 63.8.